The number of alkyl halides is 1. The van der Waals surface area contributed by atoms with Gasteiger partial charge in [0.1, 0.15) is 12.4 Å². The third kappa shape index (κ3) is 3.25. The van der Waals surface area contributed by atoms with Crippen molar-refractivity contribution in [1.29, 1.82) is 0 Å². The fourth-order valence-corrected chi connectivity index (χ4v) is 4.44. The summed E-state index contributed by atoms with van der Waals surface area (Å²) in [7, 11) is 0. The number of rotatable bonds is 3. The van der Waals surface area contributed by atoms with Gasteiger partial charge in [-0.05, 0) is 48.9 Å². The Kier molecular flexibility index (Phi) is 4.49. The fourth-order valence-electron chi connectivity index (χ4n) is 4.11. The highest BCUT2D eigenvalue weighted by Gasteiger charge is 2.36. The molecule has 1 aliphatic heterocycles. The van der Waals surface area contributed by atoms with E-state index in [0.717, 1.165) is 43.7 Å². The number of benzene rings is 1. The predicted octanol–water partition coefficient (Wildman–Crippen LogP) is 3.12. The van der Waals surface area contributed by atoms with E-state index >= 15 is 0 Å². The molecule has 8 heteroatoms. The van der Waals surface area contributed by atoms with Gasteiger partial charge in [-0.1, -0.05) is 12.1 Å². The largest absolute Gasteiger partial charge is 0.473 e. The summed E-state index contributed by atoms with van der Waals surface area (Å²) < 4.78 is 8.01. The molecule has 1 aromatic carbocycles. The molecule has 2 aliphatic rings. The molecule has 0 amide bonds. The Balaban J connectivity index is 1.34. The van der Waals surface area contributed by atoms with Crippen LogP contribution in [0.25, 0.3) is 5.69 Å². The van der Waals surface area contributed by atoms with Crippen molar-refractivity contribution in [3.8, 4) is 11.6 Å². The zero-order valence-electron chi connectivity index (χ0n) is 15.4. The van der Waals surface area contributed by atoms with Crippen LogP contribution in [-0.4, -0.2) is 31.1 Å². The molecular formula is C20H21ClN6O. The number of aromatic nitrogens is 5. The maximum Gasteiger partial charge on any atom is 0.233 e. The average molecular weight is 397 g/mol. The van der Waals surface area contributed by atoms with Crippen LogP contribution < -0.4 is 10.1 Å². The van der Waals surface area contributed by atoms with Crippen LogP contribution in [0.3, 0.4) is 0 Å². The Hall–Kier alpha value is -2.51. The van der Waals surface area contributed by atoms with Gasteiger partial charge < -0.3 is 10.1 Å². The van der Waals surface area contributed by atoms with E-state index in [1.54, 1.807) is 12.5 Å². The van der Waals surface area contributed by atoms with Gasteiger partial charge in [0.15, 0.2) is 5.82 Å². The molecule has 1 saturated carbocycles. The van der Waals surface area contributed by atoms with Gasteiger partial charge in [0.05, 0.1) is 17.1 Å². The number of fused-ring (bicyclic) bond motifs is 3. The monoisotopic (exact) mass is 396 g/mol. The molecule has 0 atom stereocenters. The molecule has 28 heavy (non-hydrogen) atoms. The Labute approximate surface area is 168 Å². The van der Waals surface area contributed by atoms with Crippen molar-refractivity contribution < 1.29 is 4.74 Å². The summed E-state index contributed by atoms with van der Waals surface area (Å²) in [6, 6.07) is 10.2. The summed E-state index contributed by atoms with van der Waals surface area (Å²) in [4.78, 5) is -0.362. The van der Waals surface area contributed by atoms with E-state index in [1.165, 1.54) is 11.1 Å². The molecule has 0 saturated heterocycles. The standard InChI is InChI=1S/C20H21ClN6O/c21-20(7-5-16(6-8-20)28-19-2-1-9-23-26-19)15-3-4-17-14(10-15)11-22-12-18-25-24-13-27(17)18/h1-4,9-10,13,16,22H,5-8,11-12H2. The van der Waals surface area contributed by atoms with E-state index in [0.29, 0.717) is 12.4 Å². The highest BCUT2D eigenvalue weighted by Crippen LogP contribution is 2.44. The third-order valence-electron chi connectivity index (χ3n) is 5.63. The lowest BCUT2D eigenvalue weighted by Crippen LogP contribution is -2.32. The van der Waals surface area contributed by atoms with Gasteiger partial charge in [-0.15, -0.1) is 26.9 Å². The van der Waals surface area contributed by atoms with Crippen molar-refractivity contribution in [2.45, 2.75) is 49.8 Å². The number of halogens is 1. The van der Waals surface area contributed by atoms with Gasteiger partial charge in [0, 0.05) is 18.8 Å². The summed E-state index contributed by atoms with van der Waals surface area (Å²) in [5.41, 5.74) is 3.51. The maximum absolute atomic E-state index is 7.10. The van der Waals surface area contributed by atoms with Crippen LogP contribution in [0.1, 0.15) is 42.6 Å². The third-order valence-corrected chi connectivity index (χ3v) is 6.23. The SMILES string of the molecule is ClC1(c2ccc3c(c2)CNCc2nncn2-3)CCC(Oc2cccnn2)CC1. The topological polar surface area (TPSA) is 77.8 Å². The van der Waals surface area contributed by atoms with Crippen LogP contribution in [0.5, 0.6) is 5.88 Å². The molecule has 0 radical (unpaired) electrons. The Bertz CT molecular complexity index is 968. The lowest BCUT2D eigenvalue weighted by atomic mass is 9.81. The summed E-state index contributed by atoms with van der Waals surface area (Å²) >= 11 is 7.10. The van der Waals surface area contributed by atoms with Crippen molar-refractivity contribution >= 4 is 11.6 Å². The fraction of sp³-hybridized carbons (Fsp3) is 0.400. The highest BCUT2D eigenvalue weighted by molar-refractivity contribution is 6.24. The van der Waals surface area contributed by atoms with E-state index in [1.807, 2.05) is 16.7 Å². The minimum Gasteiger partial charge on any atom is -0.473 e. The van der Waals surface area contributed by atoms with Crippen LogP contribution in [0.4, 0.5) is 0 Å². The zero-order chi connectivity index (χ0) is 19.0. The van der Waals surface area contributed by atoms with Crippen molar-refractivity contribution in [1.82, 2.24) is 30.3 Å². The molecular weight excluding hydrogens is 376 g/mol. The first-order valence-corrected chi connectivity index (χ1v) is 9.96. The average Bonchev–Trinajstić information content (AvgIpc) is 3.12. The molecule has 7 nitrogen and oxygen atoms in total. The number of nitrogens with one attached hydrogen (secondary N) is 1. The predicted molar refractivity (Wildman–Crippen MR) is 104 cm³/mol. The van der Waals surface area contributed by atoms with Crippen molar-refractivity contribution in [3.05, 3.63) is 59.8 Å². The highest BCUT2D eigenvalue weighted by atomic mass is 35.5. The van der Waals surface area contributed by atoms with E-state index in [9.17, 15) is 0 Å². The molecule has 1 fully saturated rings. The van der Waals surface area contributed by atoms with Gasteiger partial charge in [-0.25, -0.2) is 0 Å². The van der Waals surface area contributed by atoms with Crippen LogP contribution in [0.15, 0.2) is 42.9 Å². The Morgan fingerprint density at radius 2 is 2.00 bits per heavy atom. The number of hydrogen-bond acceptors (Lipinski definition) is 6. The molecule has 1 N–H and O–H groups in total. The first-order chi connectivity index (χ1) is 13.7. The van der Waals surface area contributed by atoms with E-state index in [-0.39, 0.29) is 11.0 Å². The molecule has 0 bridgehead atoms. The molecule has 3 aromatic rings. The van der Waals surface area contributed by atoms with Crippen molar-refractivity contribution in [2.75, 3.05) is 0 Å². The molecule has 3 heterocycles. The van der Waals surface area contributed by atoms with Gasteiger partial charge in [-0.2, -0.15) is 5.10 Å². The zero-order valence-corrected chi connectivity index (χ0v) is 16.1. The molecule has 0 unspecified atom stereocenters. The lowest BCUT2D eigenvalue weighted by molar-refractivity contribution is 0.131. The smallest absolute Gasteiger partial charge is 0.233 e. The maximum atomic E-state index is 7.10. The Morgan fingerprint density at radius 3 is 2.82 bits per heavy atom. The first kappa shape index (κ1) is 17.6. The number of ether oxygens (including phenoxy) is 1. The molecule has 1 aliphatic carbocycles. The van der Waals surface area contributed by atoms with Crippen LogP contribution in [-0.2, 0) is 18.0 Å². The second-order valence-corrected chi connectivity index (χ2v) is 8.13. The minimum atomic E-state index is -0.362. The van der Waals surface area contributed by atoms with Crippen LogP contribution >= 0.6 is 11.6 Å². The summed E-state index contributed by atoms with van der Waals surface area (Å²) in [6.07, 6.45) is 7.06. The minimum absolute atomic E-state index is 0.130. The quantitative estimate of drug-likeness (QED) is 0.685. The number of hydrogen-bond donors (Lipinski definition) is 1. The van der Waals surface area contributed by atoms with E-state index in [2.05, 4.69) is 43.9 Å². The summed E-state index contributed by atoms with van der Waals surface area (Å²) in [5, 5.41) is 19.5. The van der Waals surface area contributed by atoms with E-state index < -0.39 is 0 Å². The van der Waals surface area contributed by atoms with Crippen LogP contribution in [0.2, 0.25) is 0 Å². The Morgan fingerprint density at radius 1 is 1.11 bits per heavy atom. The number of nitrogens with zero attached hydrogens (tertiary/aromatic N) is 5. The molecule has 0 spiro atoms. The van der Waals surface area contributed by atoms with Crippen molar-refractivity contribution in [2.24, 2.45) is 0 Å². The molecule has 144 valence electrons. The second-order valence-electron chi connectivity index (χ2n) is 7.41. The molecule has 2 aromatic heterocycles. The normalized spacial score (nSPS) is 24.1. The van der Waals surface area contributed by atoms with Crippen LogP contribution in [0, 0.1) is 0 Å². The van der Waals surface area contributed by atoms with Gasteiger partial charge in [0.2, 0.25) is 5.88 Å². The second kappa shape index (κ2) is 7.14. The first-order valence-electron chi connectivity index (χ1n) is 9.58. The van der Waals surface area contributed by atoms with Gasteiger partial charge >= 0.3 is 0 Å². The van der Waals surface area contributed by atoms with Gasteiger partial charge in [0.25, 0.3) is 0 Å². The summed E-state index contributed by atoms with van der Waals surface area (Å²) in [6.45, 7) is 1.50. The summed E-state index contributed by atoms with van der Waals surface area (Å²) in [5.74, 6) is 1.50. The molecule has 5 rings (SSSR count). The van der Waals surface area contributed by atoms with Crippen molar-refractivity contribution in [3.63, 3.8) is 0 Å². The van der Waals surface area contributed by atoms with E-state index in [4.69, 9.17) is 16.3 Å². The van der Waals surface area contributed by atoms with Gasteiger partial charge in [-0.3, -0.25) is 4.57 Å². The lowest BCUT2D eigenvalue weighted by Gasteiger charge is -2.36.